The second kappa shape index (κ2) is 9.21. The van der Waals surface area contributed by atoms with Gasteiger partial charge in [0.1, 0.15) is 5.78 Å². The third kappa shape index (κ3) is 4.92. The van der Waals surface area contributed by atoms with E-state index in [0.717, 1.165) is 20.0 Å². The van der Waals surface area contributed by atoms with Gasteiger partial charge in [-0.15, -0.1) is 0 Å². The van der Waals surface area contributed by atoms with Crippen LogP contribution in [-0.4, -0.2) is 35.7 Å². The molecule has 6 heteroatoms. The van der Waals surface area contributed by atoms with Crippen LogP contribution >= 0.6 is 0 Å². The number of nitrogens with zero attached hydrogens (tertiary/aromatic N) is 1. The van der Waals surface area contributed by atoms with E-state index in [1.54, 1.807) is 6.07 Å². The van der Waals surface area contributed by atoms with Crippen molar-refractivity contribution in [3.05, 3.63) is 65.7 Å². The molecule has 1 aliphatic heterocycles. The lowest BCUT2D eigenvalue weighted by Gasteiger charge is -2.26. The molecule has 1 N–H and O–H groups in total. The topological polar surface area (TPSA) is 49.4 Å². The highest BCUT2D eigenvalue weighted by Gasteiger charge is 2.59. The molecular weight excluding hydrogens is 434 g/mol. The number of nitrogens with one attached hydrogen (secondary N) is 1. The molecule has 1 saturated heterocycles. The average Bonchev–Trinajstić information content (AvgIpc) is 3.17. The number of halogens is 2. The zero-order chi connectivity index (χ0) is 23.9. The van der Waals surface area contributed by atoms with Crippen molar-refractivity contribution in [3.8, 4) is 0 Å². The molecule has 2 unspecified atom stereocenters. The molecule has 4 nitrogen and oxygen atoms in total. The molecule has 5 rings (SSSR count). The van der Waals surface area contributed by atoms with E-state index in [4.69, 9.17) is 0 Å². The van der Waals surface area contributed by atoms with Crippen LogP contribution in [0, 0.1) is 17.8 Å². The van der Waals surface area contributed by atoms with Gasteiger partial charge in [0.05, 0.1) is 0 Å². The van der Waals surface area contributed by atoms with E-state index in [1.165, 1.54) is 43.0 Å². The van der Waals surface area contributed by atoms with Gasteiger partial charge in [-0.1, -0.05) is 42.5 Å². The van der Waals surface area contributed by atoms with Gasteiger partial charge in [0.15, 0.2) is 0 Å². The second-order valence-electron chi connectivity index (χ2n) is 10.4. The summed E-state index contributed by atoms with van der Waals surface area (Å²) in [4.78, 5) is 27.6. The van der Waals surface area contributed by atoms with E-state index < -0.39 is 5.92 Å². The summed E-state index contributed by atoms with van der Waals surface area (Å²) < 4.78 is 27.0. The molecule has 180 valence electrons. The summed E-state index contributed by atoms with van der Waals surface area (Å²) in [5, 5.41) is 2.65. The van der Waals surface area contributed by atoms with E-state index in [1.807, 2.05) is 0 Å². The van der Waals surface area contributed by atoms with E-state index in [0.29, 0.717) is 29.5 Å². The maximum atomic E-state index is 13.5. The molecule has 0 aromatic heterocycles. The molecule has 0 spiro atoms. The molecule has 2 aromatic rings. The first-order valence-corrected chi connectivity index (χ1v) is 12.4. The molecule has 0 bridgehead atoms. The molecule has 1 heterocycles. The van der Waals surface area contributed by atoms with Crippen LogP contribution in [0.25, 0.3) is 0 Å². The zero-order valence-electron chi connectivity index (χ0n) is 19.6. The van der Waals surface area contributed by atoms with E-state index in [2.05, 4.69) is 40.5 Å². The van der Waals surface area contributed by atoms with Crippen LogP contribution in [0.4, 0.5) is 14.5 Å². The van der Waals surface area contributed by atoms with Crippen LogP contribution in [-0.2, 0) is 15.5 Å². The first kappa shape index (κ1) is 23.2. The first-order valence-electron chi connectivity index (χ1n) is 12.4. The number of hydrogen-bond acceptors (Lipinski definition) is 3. The van der Waals surface area contributed by atoms with Gasteiger partial charge < -0.3 is 5.32 Å². The van der Waals surface area contributed by atoms with Crippen molar-refractivity contribution in [3.63, 3.8) is 0 Å². The van der Waals surface area contributed by atoms with Crippen LogP contribution in [0.5, 0.6) is 0 Å². The van der Waals surface area contributed by atoms with Crippen LogP contribution < -0.4 is 5.32 Å². The second-order valence-corrected chi connectivity index (χ2v) is 10.4. The lowest BCUT2D eigenvalue weighted by Crippen LogP contribution is -2.34. The Morgan fingerprint density at radius 1 is 1.00 bits per heavy atom. The van der Waals surface area contributed by atoms with Crippen LogP contribution in [0.1, 0.15) is 56.1 Å². The third-order valence-corrected chi connectivity index (χ3v) is 8.04. The summed E-state index contributed by atoms with van der Waals surface area (Å²) in [6.45, 7) is 2.82. The number of carbonyl (C=O) groups is 2. The lowest BCUT2D eigenvalue weighted by atomic mass is 9.97. The Labute approximate surface area is 199 Å². The van der Waals surface area contributed by atoms with Crippen LogP contribution in [0.3, 0.4) is 0 Å². The van der Waals surface area contributed by atoms with Crippen molar-refractivity contribution in [2.75, 3.05) is 18.4 Å². The van der Waals surface area contributed by atoms with Crippen LogP contribution in [0.2, 0.25) is 0 Å². The maximum absolute atomic E-state index is 13.5. The number of hydrogen-bond donors (Lipinski definition) is 1. The van der Waals surface area contributed by atoms with Gasteiger partial charge in [-0.25, -0.2) is 8.78 Å². The van der Waals surface area contributed by atoms with Crippen molar-refractivity contribution in [1.29, 1.82) is 0 Å². The summed E-state index contributed by atoms with van der Waals surface area (Å²) in [6, 6.07) is 17.1. The fourth-order valence-corrected chi connectivity index (χ4v) is 6.15. The van der Waals surface area contributed by atoms with Gasteiger partial charge in [0.25, 0.3) is 5.92 Å². The van der Waals surface area contributed by atoms with E-state index in [-0.39, 0.29) is 36.0 Å². The number of amides is 1. The number of alkyl halides is 2. The number of carbonyl (C=O) groups excluding carboxylic acids is 2. The third-order valence-electron chi connectivity index (χ3n) is 8.04. The molecule has 2 aliphatic carbocycles. The average molecular weight is 467 g/mol. The highest BCUT2D eigenvalue weighted by atomic mass is 19.3. The Kier molecular flexibility index (Phi) is 6.28. The number of fused-ring (bicyclic) bond motifs is 1. The minimum atomic E-state index is -2.96. The highest BCUT2D eigenvalue weighted by molar-refractivity contribution is 5.94. The Hall–Kier alpha value is -2.60. The van der Waals surface area contributed by atoms with Crippen LogP contribution in [0.15, 0.2) is 54.6 Å². The summed E-state index contributed by atoms with van der Waals surface area (Å²) in [7, 11) is 0. The number of benzene rings is 2. The van der Waals surface area contributed by atoms with Gasteiger partial charge in [-0.2, -0.15) is 0 Å². The number of Topliss-reactive ketones (excluding diaryl/α,β-unsaturated/α-hetero) is 1. The van der Waals surface area contributed by atoms with Gasteiger partial charge >= 0.3 is 0 Å². The van der Waals surface area contributed by atoms with Crippen molar-refractivity contribution < 1.29 is 18.4 Å². The molecule has 0 radical (unpaired) electrons. The minimum absolute atomic E-state index is 0.0899. The smallest absolute Gasteiger partial charge is 0.270 e. The summed E-state index contributed by atoms with van der Waals surface area (Å²) in [5.74, 6) is -1.48. The Balaban J connectivity index is 1.05. The number of piperidine rings is 1. The normalized spacial score (nSPS) is 28.5. The summed E-state index contributed by atoms with van der Waals surface area (Å²) >= 11 is 0. The quantitative estimate of drug-likeness (QED) is 0.551. The van der Waals surface area contributed by atoms with Gasteiger partial charge in [0, 0.05) is 56.1 Å². The highest BCUT2D eigenvalue weighted by Crippen LogP contribution is 2.54. The minimum Gasteiger partial charge on any atom is -0.326 e. The van der Waals surface area contributed by atoms with Gasteiger partial charge in [-0.3, -0.25) is 14.5 Å². The molecule has 2 saturated carbocycles. The lowest BCUT2D eigenvalue weighted by molar-refractivity contribution is -0.124. The molecule has 5 atom stereocenters. The molecule has 2 aromatic carbocycles. The summed E-state index contributed by atoms with van der Waals surface area (Å²) in [5.41, 5.74) is 1.63. The number of rotatable bonds is 8. The molecule has 3 fully saturated rings. The molecule has 1 amide bonds. The van der Waals surface area contributed by atoms with E-state index >= 15 is 0 Å². The number of likely N-dealkylation sites (tertiary alicyclic amines) is 1. The fraction of sp³-hybridized carbons (Fsp3) is 0.500. The van der Waals surface area contributed by atoms with Crippen molar-refractivity contribution in [2.45, 2.75) is 56.9 Å². The molecular formula is C28H32F2N2O2. The summed E-state index contributed by atoms with van der Waals surface area (Å²) in [6.07, 6.45) is 3.96. The standard InChI is InChI=1S/C28H32F2N2O2/c1-28(29,30)20-8-5-9-21(15-20)31-26(34)13-12-25(33)27-23-16-32(17-24(23)27)22-11-10-19(14-22)18-6-3-2-4-7-18/h2-9,15,19,22-24,27H,10-14,16-17H2,1H3,(H,31,34)/t19-,22?,23-,24+,27?/m0/s1. The fourth-order valence-electron chi connectivity index (χ4n) is 6.15. The van der Waals surface area contributed by atoms with Gasteiger partial charge in [-0.05, 0) is 54.7 Å². The zero-order valence-corrected chi connectivity index (χ0v) is 19.6. The Morgan fingerprint density at radius 3 is 2.44 bits per heavy atom. The Morgan fingerprint density at radius 2 is 1.74 bits per heavy atom. The number of ketones is 1. The molecule has 3 aliphatic rings. The maximum Gasteiger partial charge on any atom is 0.270 e. The predicted octanol–water partition coefficient (Wildman–Crippen LogP) is 5.60. The largest absolute Gasteiger partial charge is 0.326 e. The van der Waals surface area contributed by atoms with E-state index in [9.17, 15) is 18.4 Å². The van der Waals surface area contributed by atoms with Crippen molar-refractivity contribution in [1.82, 2.24) is 4.90 Å². The monoisotopic (exact) mass is 466 g/mol. The Bertz CT molecular complexity index is 1040. The first-order chi connectivity index (χ1) is 16.3. The van der Waals surface area contributed by atoms with Gasteiger partial charge in [0.2, 0.25) is 5.91 Å². The van der Waals surface area contributed by atoms with Crippen molar-refractivity contribution in [2.24, 2.45) is 17.8 Å². The molecule has 34 heavy (non-hydrogen) atoms. The predicted molar refractivity (Wildman–Crippen MR) is 128 cm³/mol. The van der Waals surface area contributed by atoms with Crippen molar-refractivity contribution >= 4 is 17.4 Å². The number of anilines is 1. The SMILES string of the molecule is CC(F)(F)c1cccc(NC(=O)CCC(=O)C2[C@H]3CN(C4CC[C@H](c5ccccc5)C4)C[C@@H]23)c1.